The van der Waals surface area contributed by atoms with Crippen LogP contribution in [0.25, 0.3) is 11.4 Å². The second kappa shape index (κ2) is 9.19. The number of likely N-dealkylation sites (tertiary alicyclic amines) is 1. The molecule has 0 radical (unpaired) electrons. The van der Waals surface area contributed by atoms with Gasteiger partial charge in [0.15, 0.2) is 5.69 Å². The first-order chi connectivity index (χ1) is 17.2. The minimum Gasteiger partial charge on any atom is -0.353 e. The molecule has 190 valence electrons. The molecule has 2 aromatic rings. The topological polar surface area (TPSA) is 128 Å². The molecule has 0 aromatic carbocycles. The Morgan fingerprint density at radius 2 is 1.89 bits per heavy atom. The molecule has 5 rings (SSSR count). The maximum absolute atomic E-state index is 13.3. The van der Waals surface area contributed by atoms with Crippen molar-refractivity contribution in [2.75, 3.05) is 6.54 Å². The number of amides is 2. The third-order valence-corrected chi connectivity index (χ3v) is 7.73. The van der Waals surface area contributed by atoms with Crippen LogP contribution >= 0.6 is 0 Å². The molecule has 2 saturated carbocycles. The Morgan fingerprint density at radius 3 is 2.56 bits per heavy atom. The van der Waals surface area contributed by atoms with Gasteiger partial charge < -0.3 is 10.2 Å². The first-order valence-corrected chi connectivity index (χ1v) is 12.2. The van der Waals surface area contributed by atoms with E-state index < -0.39 is 12.1 Å². The van der Waals surface area contributed by atoms with Crippen LogP contribution < -0.4 is 5.32 Å². The van der Waals surface area contributed by atoms with Gasteiger partial charge in [-0.15, -0.1) is 0 Å². The Balaban J connectivity index is 1.19. The maximum Gasteiger partial charge on any atom is 0.391 e. The minimum atomic E-state index is -4.17. The van der Waals surface area contributed by atoms with Crippen molar-refractivity contribution in [3.63, 3.8) is 0 Å². The van der Waals surface area contributed by atoms with Gasteiger partial charge in [-0.3, -0.25) is 14.7 Å². The number of rotatable bonds is 4. The second-order valence-corrected chi connectivity index (χ2v) is 10.0. The van der Waals surface area contributed by atoms with Gasteiger partial charge in [0.2, 0.25) is 5.91 Å². The lowest BCUT2D eigenvalue weighted by atomic mass is 9.84. The number of hydrogen-bond acceptors (Lipinski definition) is 6. The first-order valence-electron chi connectivity index (χ1n) is 12.2. The van der Waals surface area contributed by atoms with E-state index in [4.69, 9.17) is 5.26 Å². The average Bonchev–Trinajstić information content (AvgIpc) is 3.44. The first kappa shape index (κ1) is 24.2. The maximum atomic E-state index is 13.3. The van der Waals surface area contributed by atoms with Crippen LogP contribution in [0.5, 0.6) is 0 Å². The van der Waals surface area contributed by atoms with Crippen molar-refractivity contribution in [2.24, 2.45) is 11.8 Å². The monoisotopic (exact) mass is 501 g/mol. The van der Waals surface area contributed by atoms with Gasteiger partial charge in [0.1, 0.15) is 18.1 Å². The highest BCUT2D eigenvalue weighted by Gasteiger charge is 2.55. The van der Waals surface area contributed by atoms with Crippen molar-refractivity contribution in [1.29, 1.82) is 5.26 Å². The van der Waals surface area contributed by atoms with Crippen LogP contribution in [0.4, 0.5) is 13.2 Å². The van der Waals surface area contributed by atoms with Crippen LogP contribution in [0.3, 0.4) is 0 Å². The molecule has 36 heavy (non-hydrogen) atoms. The Kier molecular flexibility index (Phi) is 6.18. The zero-order valence-electron chi connectivity index (χ0n) is 19.5. The summed E-state index contributed by atoms with van der Waals surface area (Å²) in [5.74, 6) is -1.89. The number of nitriles is 1. The van der Waals surface area contributed by atoms with E-state index in [1.165, 1.54) is 12.4 Å². The number of H-pyrrole nitrogens is 1. The lowest BCUT2D eigenvalue weighted by molar-refractivity contribution is -0.182. The van der Waals surface area contributed by atoms with Crippen molar-refractivity contribution in [1.82, 2.24) is 30.4 Å². The van der Waals surface area contributed by atoms with E-state index in [1.807, 2.05) is 6.07 Å². The zero-order chi connectivity index (χ0) is 25.5. The average molecular weight is 502 g/mol. The van der Waals surface area contributed by atoms with Crippen LogP contribution in [0.1, 0.15) is 67.5 Å². The number of nitrogens with one attached hydrogen (secondary N) is 2. The van der Waals surface area contributed by atoms with Crippen molar-refractivity contribution in [3.05, 3.63) is 29.8 Å². The van der Waals surface area contributed by atoms with Gasteiger partial charge in [-0.2, -0.15) is 23.5 Å². The molecule has 2 aromatic heterocycles. The zero-order valence-corrected chi connectivity index (χ0v) is 19.5. The number of halogens is 3. The number of aromatic amines is 1. The largest absolute Gasteiger partial charge is 0.391 e. The van der Waals surface area contributed by atoms with Crippen molar-refractivity contribution < 1.29 is 22.8 Å². The van der Waals surface area contributed by atoms with Gasteiger partial charge in [0, 0.05) is 30.1 Å². The Bertz CT molecular complexity index is 1190. The van der Waals surface area contributed by atoms with E-state index in [1.54, 1.807) is 11.0 Å². The third-order valence-electron chi connectivity index (χ3n) is 7.73. The van der Waals surface area contributed by atoms with Crippen molar-refractivity contribution >= 4 is 11.8 Å². The molecule has 3 fully saturated rings. The SMILES string of the molecule is N#Cc1cc(-c2cc(C(=O)N3CCC(C(=O)NC4CCC(C(F)(F)F)CC4)CC34CC4)n[nH]2)ncn1. The molecule has 2 aliphatic carbocycles. The fourth-order valence-corrected chi connectivity index (χ4v) is 5.50. The molecule has 12 heteroatoms. The summed E-state index contributed by atoms with van der Waals surface area (Å²) < 4.78 is 38.7. The highest BCUT2D eigenvalue weighted by Crippen LogP contribution is 2.50. The van der Waals surface area contributed by atoms with Crippen LogP contribution in [0.15, 0.2) is 18.5 Å². The van der Waals surface area contributed by atoms with E-state index in [-0.39, 0.29) is 53.5 Å². The predicted molar refractivity (Wildman–Crippen MR) is 120 cm³/mol. The summed E-state index contributed by atoms with van der Waals surface area (Å²) in [5, 5.41) is 19.0. The minimum absolute atomic E-state index is 0.0455. The normalized spacial score (nSPS) is 25.3. The van der Waals surface area contributed by atoms with E-state index in [2.05, 4.69) is 25.5 Å². The summed E-state index contributed by atoms with van der Waals surface area (Å²) in [6.07, 6.45) is 0.492. The summed E-state index contributed by atoms with van der Waals surface area (Å²) in [4.78, 5) is 36.0. The molecule has 3 heterocycles. The van der Waals surface area contributed by atoms with Crippen LogP contribution in [0, 0.1) is 23.2 Å². The molecule has 1 saturated heterocycles. The van der Waals surface area contributed by atoms with Crippen molar-refractivity contribution in [3.8, 4) is 17.5 Å². The number of carbonyl (C=O) groups is 2. The Labute approximate surface area is 205 Å². The molecule has 1 aliphatic heterocycles. The molecule has 1 unspecified atom stereocenters. The smallest absolute Gasteiger partial charge is 0.353 e. The molecule has 3 aliphatic rings. The van der Waals surface area contributed by atoms with Crippen LogP contribution in [-0.4, -0.2) is 61.2 Å². The standard InChI is InChI=1S/C24H26F3N7O2/c25-24(26,27)15-1-3-16(4-2-15)31-21(35)14-5-8-34(23(11-14)6-7-23)22(36)20-10-19(32-33-20)18-9-17(12-28)29-13-30-18/h9-10,13-16H,1-8,11H2,(H,31,35)(H,32,33). The van der Waals surface area contributed by atoms with Gasteiger partial charge in [-0.1, -0.05) is 0 Å². The van der Waals surface area contributed by atoms with Gasteiger partial charge in [0.05, 0.1) is 17.3 Å². The second-order valence-electron chi connectivity index (χ2n) is 10.0. The van der Waals surface area contributed by atoms with Gasteiger partial charge in [-0.25, -0.2) is 9.97 Å². The number of aromatic nitrogens is 4. The molecular formula is C24H26F3N7O2. The predicted octanol–water partition coefficient (Wildman–Crippen LogP) is 3.36. The molecule has 2 N–H and O–H groups in total. The number of nitrogens with zero attached hydrogens (tertiary/aromatic N) is 5. The third kappa shape index (κ3) is 4.79. The summed E-state index contributed by atoms with van der Waals surface area (Å²) >= 11 is 0. The molecule has 9 nitrogen and oxygen atoms in total. The summed E-state index contributed by atoms with van der Waals surface area (Å²) in [6.45, 7) is 0.409. The molecule has 2 amide bonds. The fourth-order valence-electron chi connectivity index (χ4n) is 5.50. The van der Waals surface area contributed by atoms with E-state index >= 15 is 0 Å². The van der Waals surface area contributed by atoms with Crippen LogP contribution in [0.2, 0.25) is 0 Å². The van der Waals surface area contributed by atoms with Gasteiger partial charge >= 0.3 is 6.18 Å². The highest BCUT2D eigenvalue weighted by atomic mass is 19.4. The number of piperidine rings is 1. The van der Waals surface area contributed by atoms with E-state index in [0.29, 0.717) is 43.6 Å². The summed E-state index contributed by atoms with van der Waals surface area (Å²) in [5.41, 5.74) is 1.00. The van der Waals surface area contributed by atoms with Gasteiger partial charge in [0.25, 0.3) is 5.91 Å². The number of carbonyl (C=O) groups excluding carboxylic acids is 2. The van der Waals surface area contributed by atoms with E-state index in [0.717, 1.165) is 12.8 Å². The molecule has 1 atom stereocenters. The molecular weight excluding hydrogens is 475 g/mol. The van der Waals surface area contributed by atoms with E-state index in [9.17, 15) is 22.8 Å². The van der Waals surface area contributed by atoms with Gasteiger partial charge in [-0.05, 0) is 57.4 Å². The Morgan fingerprint density at radius 1 is 1.14 bits per heavy atom. The summed E-state index contributed by atoms with van der Waals surface area (Å²) in [7, 11) is 0. The Hall–Kier alpha value is -3.49. The fraction of sp³-hybridized carbons (Fsp3) is 0.583. The lowest BCUT2D eigenvalue weighted by Crippen LogP contribution is -2.52. The number of hydrogen-bond donors (Lipinski definition) is 2. The van der Waals surface area contributed by atoms with Crippen molar-refractivity contribution in [2.45, 2.75) is 69.1 Å². The quantitative estimate of drug-likeness (QED) is 0.661. The molecule has 0 bridgehead atoms. The summed E-state index contributed by atoms with van der Waals surface area (Å²) in [6, 6.07) is 4.82. The molecule has 1 spiro atoms. The number of alkyl halides is 3. The lowest BCUT2D eigenvalue weighted by Gasteiger charge is -2.40. The van der Waals surface area contributed by atoms with Crippen LogP contribution in [-0.2, 0) is 4.79 Å². The highest BCUT2D eigenvalue weighted by molar-refractivity contribution is 5.94.